The number of anilines is 3. The molecule has 0 spiro atoms. The van der Waals surface area contributed by atoms with E-state index in [0.717, 1.165) is 0 Å². The number of thiocarbonyl (C=S) groups is 1. The lowest BCUT2D eigenvalue weighted by atomic mass is 10.3. The fraction of sp³-hybridized carbons (Fsp3) is 0.158. The highest BCUT2D eigenvalue weighted by atomic mass is 32.2. The van der Waals surface area contributed by atoms with E-state index in [1.807, 2.05) is 24.3 Å². The number of hydrogen-bond acceptors (Lipinski definition) is 6. The third-order valence-electron chi connectivity index (χ3n) is 4.16. The first kappa shape index (κ1) is 20.6. The standard InChI is InChI=1S/C19H20N4O4S2/c1-12-13(2)22-27-18(12)23-29(24,25)15-10-8-14(9-11-15)20-19(28)21-16-6-4-5-7-17(16)26-3/h4-11,23H,1-3H3,(H2,20,21,28). The Morgan fingerprint density at radius 2 is 1.76 bits per heavy atom. The van der Waals surface area contributed by atoms with Crippen LogP contribution in [0.5, 0.6) is 5.75 Å². The molecule has 3 rings (SSSR count). The summed E-state index contributed by atoms with van der Waals surface area (Å²) in [5.74, 6) is 0.758. The second-order valence-electron chi connectivity index (χ2n) is 6.13. The van der Waals surface area contributed by atoms with Gasteiger partial charge in [0.15, 0.2) is 5.11 Å². The Morgan fingerprint density at radius 3 is 2.38 bits per heavy atom. The predicted octanol–water partition coefficient (Wildman–Crippen LogP) is 3.91. The van der Waals surface area contributed by atoms with Gasteiger partial charge in [-0.1, -0.05) is 17.3 Å². The summed E-state index contributed by atoms with van der Waals surface area (Å²) in [6.07, 6.45) is 0. The molecule has 0 unspecified atom stereocenters. The zero-order chi connectivity index (χ0) is 21.0. The average Bonchev–Trinajstić information content (AvgIpc) is 3.00. The Balaban J connectivity index is 1.68. The number of nitrogens with one attached hydrogen (secondary N) is 3. The molecule has 0 radical (unpaired) electrons. The maximum Gasteiger partial charge on any atom is 0.264 e. The molecule has 8 nitrogen and oxygen atoms in total. The summed E-state index contributed by atoms with van der Waals surface area (Å²) in [7, 11) is -2.23. The zero-order valence-corrected chi connectivity index (χ0v) is 17.6. The molecule has 1 heterocycles. The van der Waals surface area contributed by atoms with Gasteiger partial charge >= 0.3 is 0 Å². The fourth-order valence-corrected chi connectivity index (χ4v) is 3.72. The molecule has 3 aromatic rings. The number of para-hydroxylation sites is 2. The first-order valence-corrected chi connectivity index (χ1v) is 10.5. The van der Waals surface area contributed by atoms with Gasteiger partial charge in [-0.25, -0.2) is 13.1 Å². The average molecular weight is 433 g/mol. The Morgan fingerprint density at radius 1 is 1.07 bits per heavy atom. The van der Waals surface area contributed by atoms with Crippen molar-refractivity contribution in [2.75, 3.05) is 22.5 Å². The van der Waals surface area contributed by atoms with Gasteiger partial charge < -0.3 is 19.9 Å². The molecular weight excluding hydrogens is 412 g/mol. The molecule has 0 aliphatic carbocycles. The van der Waals surface area contributed by atoms with Crippen molar-refractivity contribution in [1.29, 1.82) is 0 Å². The molecule has 29 heavy (non-hydrogen) atoms. The van der Waals surface area contributed by atoms with E-state index in [9.17, 15) is 8.42 Å². The number of rotatable bonds is 6. The summed E-state index contributed by atoms with van der Waals surface area (Å²) in [4.78, 5) is 0.0834. The number of methoxy groups -OCH3 is 1. The van der Waals surface area contributed by atoms with Crippen LogP contribution in [-0.2, 0) is 10.0 Å². The van der Waals surface area contributed by atoms with Crippen molar-refractivity contribution >= 4 is 44.6 Å². The first-order valence-electron chi connectivity index (χ1n) is 8.57. The van der Waals surface area contributed by atoms with Crippen LogP contribution in [0.1, 0.15) is 11.3 Å². The van der Waals surface area contributed by atoms with Crippen molar-refractivity contribution < 1.29 is 17.7 Å². The SMILES string of the molecule is COc1ccccc1NC(=S)Nc1ccc(S(=O)(=O)Nc2onc(C)c2C)cc1. The highest BCUT2D eigenvalue weighted by molar-refractivity contribution is 7.92. The van der Waals surface area contributed by atoms with Crippen molar-refractivity contribution in [3.63, 3.8) is 0 Å². The van der Waals surface area contributed by atoms with Crippen LogP contribution in [0.25, 0.3) is 0 Å². The largest absolute Gasteiger partial charge is 0.495 e. The van der Waals surface area contributed by atoms with E-state index in [2.05, 4.69) is 20.5 Å². The van der Waals surface area contributed by atoms with Crippen molar-refractivity contribution in [2.24, 2.45) is 0 Å². The van der Waals surface area contributed by atoms with E-state index < -0.39 is 10.0 Å². The van der Waals surface area contributed by atoms with Gasteiger partial charge in [-0.05, 0) is 62.5 Å². The molecule has 0 aliphatic rings. The van der Waals surface area contributed by atoms with E-state index in [1.54, 1.807) is 33.1 Å². The Labute approximate surface area is 174 Å². The number of hydrogen-bond donors (Lipinski definition) is 3. The van der Waals surface area contributed by atoms with E-state index >= 15 is 0 Å². The quantitative estimate of drug-likeness (QED) is 0.504. The highest BCUT2D eigenvalue weighted by Crippen LogP contribution is 2.24. The molecule has 0 bridgehead atoms. The first-order chi connectivity index (χ1) is 13.8. The highest BCUT2D eigenvalue weighted by Gasteiger charge is 2.19. The topological polar surface area (TPSA) is 105 Å². The maximum absolute atomic E-state index is 12.5. The fourth-order valence-electron chi connectivity index (χ4n) is 2.44. The van der Waals surface area contributed by atoms with Gasteiger partial charge in [0.1, 0.15) is 5.75 Å². The third-order valence-corrected chi connectivity index (χ3v) is 5.71. The second kappa shape index (κ2) is 8.50. The monoisotopic (exact) mass is 432 g/mol. The summed E-state index contributed by atoms with van der Waals surface area (Å²) >= 11 is 5.31. The summed E-state index contributed by atoms with van der Waals surface area (Å²) in [6, 6.07) is 13.5. The normalized spacial score (nSPS) is 11.0. The minimum absolute atomic E-state index is 0.0834. The summed E-state index contributed by atoms with van der Waals surface area (Å²) < 4.78 is 37.8. The lowest BCUT2D eigenvalue weighted by molar-refractivity contribution is 0.417. The molecule has 0 fully saturated rings. The molecule has 3 N–H and O–H groups in total. The second-order valence-corrected chi connectivity index (χ2v) is 8.22. The maximum atomic E-state index is 12.5. The number of sulfonamides is 1. The van der Waals surface area contributed by atoms with Crippen LogP contribution in [0.4, 0.5) is 17.3 Å². The van der Waals surface area contributed by atoms with Crippen LogP contribution in [0.15, 0.2) is 57.9 Å². The van der Waals surface area contributed by atoms with Gasteiger partial charge in [-0.15, -0.1) is 0 Å². The van der Waals surface area contributed by atoms with Crippen molar-refractivity contribution in [1.82, 2.24) is 5.16 Å². The Bertz CT molecular complexity index is 1130. The Kier molecular flexibility index (Phi) is 6.04. The minimum atomic E-state index is -3.80. The predicted molar refractivity (Wildman–Crippen MR) is 116 cm³/mol. The molecule has 2 aromatic carbocycles. The van der Waals surface area contributed by atoms with Gasteiger partial charge in [0.2, 0.25) is 5.88 Å². The molecule has 1 aromatic heterocycles. The third kappa shape index (κ3) is 4.84. The lowest BCUT2D eigenvalue weighted by Gasteiger charge is -2.13. The van der Waals surface area contributed by atoms with E-state index in [-0.39, 0.29) is 10.8 Å². The van der Waals surface area contributed by atoms with E-state index in [1.165, 1.54) is 12.1 Å². The Hall–Kier alpha value is -3.11. The van der Waals surface area contributed by atoms with Crippen LogP contribution in [0, 0.1) is 13.8 Å². The molecule has 0 aliphatic heterocycles. The van der Waals surface area contributed by atoms with Crippen molar-refractivity contribution in [3.05, 3.63) is 59.8 Å². The molecule has 0 saturated carbocycles. The lowest BCUT2D eigenvalue weighted by Crippen LogP contribution is -2.19. The number of aromatic nitrogens is 1. The molecule has 152 valence electrons. The van der Waals surface area contributed by atoms with Crippen molar-refractivity contribution in [3.8, 4) is 5.75 Å². The van der Waals surface area contributed by atoms with E-state index in [0.29, 0.717) is 33.5 Å². The van der Waals surface area contributed by atoms with Crippen LogP contribution >= 0.6 is 12.2 Å². The van der Waals surface area contributed by atoms with Gasteiger partial charge in [-0.2, -0.15) is 0 Å². The number of nitrogens with zero attached hydrogens (tertiary/aromatic N) is 1. The number of aryl methyl sites for hydroxylation is 1. The summed E-state index contributed by atoms with van der Waals surface area (Å²) in [5.41, 5.74) is 2.61. The number of benzene rings is 2. The van der Waals surface area contributed by atoms with Crippen LogP contribution < -0.4 is 20.1 Å². The van der Waals surface area contributed by atoms with Crippen LogP contribution in [-0.4, -0.2) is 25.8 Å². The van der Waals surface area contributed by atoms with Gasteiger partial charge in [-0.3, -0.25) is 0 Å². The van der Waals surface area contributed by atoms with Crippen LogP contribution in [0.2, 0.25) is 0 Å². The summed E-state index contributed by atoms with van der Waals surface area (Å²) in [6.45, 7) is 3.46. The molecule has 10 heteroatoms. The summed E-state index contributed by atoms with van der Waals surface area (Å²) in [5, 5.41) is 10.1. The van der Waals surface area contributed by atoms with E-state index in [4.69, 9.17) is 21.5 Å². The van der Waals surface area contributed by atoms with Gasteiger partial charge in [0.05, 0.1) is 23.4 Å². The van der Waals surface area contributed by atoms with Crippen LogP contribution in [0.3, 0.4) is 0 Å². The minimum Gasteiger partial charge on any atom is -0.495 e. The molecule has 0 amide bonds. The van der Waals surface area contributed by atoms with Gasteiger partial charge in [0, 0.05) is 11.3 Å². The molecule has 0 saturated heterocycles. The van der Waals surface area contributed by atoms with Crippen molar-refractivity contribution in [2.45, 2.75) is 18.7 Å². The number of ether oxygens (including phenoxy) is 1. The smallest absolute Gasteiger partial charge is 0.264 e. The zero-order valence-electron chi connectivity index (χ0n) is 16.0. The molecular formula is C19H20N4O4S2. The molecule has 0 atom stereocenters. The van der Waals surface area contributed by atoms with Gasteiger partial charge in [0.25, 0.3) is 10.0 Å².